The maximum atomic E-state index is 11.1. The van der Waals surface area contributed by atoms with Gasteiger partial charge in [0.05, 0.1) is 11.5 Å². The number of hydrogen-bond acceptors (Lipinski definition) is 2. The van der Waals surface area contributed by atoms with Gasteiger partial charge in [0.25, 0.3) is 0 Å². The fourth-order valence-corrected chi connectivity index (χ4v) is 2.11. The van der Waals surface area contributed by atoms with Crippen LogP contribution in [0.15, 0.2) is 0 Å². The maximum absolute atomic E-state index is 11.1. The van der Waals surface area contributed by atoms with E-state index >= 15 is 0 Å². The molecule has 0 aliphatic heterocycles. The molecule has 1 rings (SSSR count). The highest BCUT2D eigenvalue weighted by atomic mass is 16.5. The second kappa shape index (κ2) is 4.78. The molecule has 0 amide bonds. The molecule has 0 atom stereocenters. The molecule has 0 radical (unpaired) electrons. The zero-order valence-corrected chi connectivity index (χ0v) is 9.08. The van der Waals surface area contributed by atoms with E-state index in [1.54, 1.807) is 0 Å². The smallest absolute Gasteiger partial charge is 0.309 e. The Morgan fingerprint density at radius 2 is 2.00 bits per heavy atom. The second-order valence-electron chi connectivity index (χ2n) is 4.46. The molecule has 1 N–H and O–H groups in total. The van der Waals surface area contributed by atoms with E-state index in [0.29, 0.717) is 13.0 Å². The Balaban J connectivity index is 2.40. The Kier molecular flexibility index (Phi) is 3.93. The Hall–Kier alpha value is -0.570. The molecule has 0 heterocycles. The fourth-order valence-electron chi connectivity index (χ4n) is 2.11. The molecule has 14 heavy (non-hydrogen) atoms. The fraction of sp³-hybridized carbons (Fsp3) is 0.909. The van der Waals surface area contributed by atoms with Crippen LogP contribution in [0.5, 0.6) is 0 Å². The van der Waals surface area contributed by atoms with Gasteiger partial charge in [-0.15, -0.1) is 0 Å². The summed E-state index contributed by atoms with van der Waals surface area (Å²) < 4.78 is 5.42. The summed E-state index contributed by atoms with van der Waals surface area (Å²) in [6, 6.07) is 0. The Bertz CT molecular complexity index is 193. The summed E-state index contributed by atoms with van der Waals surface area (Å²) in [5.41, 5.74) is -0.477. The van der Waals surface area contributed by atoms with Gasteiger partial charge in [-0.25, -0.2) is 0 Å². The van der Waals surface area contributed by atoms with E-state index in [9.17, 15) is 9.90 Å². The lowest BCUT2D eigenvalue weighted by Crippen LogP contribution is -2.29. The van der Waals surface area contributed by atoms with Crippen molar-refractivity contribution in [2.75, 3.05) is 6.61 Å². The van der Waals surface area contributed by atoms with Crippen LogP contribution in [0.2, 0.25) is 0 Å². The van der Waals surface area contributed by atoms with Gasteiger partial charge in [0.2, 0.25) is 0 Å². The van der Waals surface area contributed by atoms with Crippen LogP contribution in [0.1, 0.15) is 46.0 Å². The van der Waals surface area contributed by atoms with E-state index in [1.165, 1.54) is 0 Å². The first kappa shape index (κ1) is 11.5. The highest BCUT2D eigenvalue weighted by molar-refractivity contribution is 5.74. The summed E-state index contributed by atoms with van der Waals surface area (Å²) in [4.78, 5) is 11.1. The van der Waals surface area contributed by atoms with E-state index in [2.05, 4.69) is 0 Å². The zero-order chi connectivity index (χ0) is 10.6. The van der Waals surface area contributed by atoms with Crippen molar-refractivity contribution in [2.24, 2.45) is 5.41 Å². The van der Waals surface area contributed by atoms with Crippen LogP contribution in [0, 0.1) is 5.41 Å². The van der Waals surface area contributed by atoms with E-state index < -0.39 is 11.4 Å². The van der Waals surface area contributed by atoms with E-state index in [4.69, 9.17) is 4.74 Å². The molecule has 0 aromatic rings. The van der Waals surface area contributed by atoms with Crippen LogP contribution < -0.4 is 0 Å². The molecule has 0 spiro atoms. The minimum atomic E-state index is -0.637. The Labute approximate surface area is 85.5 Å². The van der Waals surface area contributed by atoms with Gasteiger partial charge in [-0.3, -0.25) is 4.79 Å². The third kappa shape index (κ3) is 2.71. The quantitative estimate of drug-likeness (QED) is 0.741. The monoisotopic (exact) mass is 200 g/mol. The van der Waals surface area contributed by atoms with Crippen LogP contribution in [-0.4, -0.2) is 23.8 Å². The Morgan fingerprint density at radius 3 is 2.43 bits per heavy atom. The van der Waals surface area contributed by atoms with Gasteiger partial charge in [0.1, 0.15) is 0 Å². The molecule has 1 fully saturated rings. The van der Waals surface area contributed by atoms with Crippen molar-refractivity contribution < 1.29 is 14.6 Å². The molecular weight excluding hydrogens is 180 g/mol. The lowest BCUT2D eigenvalue weighted by molar-refractivity contribution is -0.150. The minimum Gasteiger partial charge on any atom is -0.481 e. The SMILES string of the molecule is CC(C)OCCC1(C(=O)O)CCCC1. The van der Waals surface area contributed by atoms with E-state index in [0.717, 1.165) is 25.7 Å². The van der Waals surface area contributed by atoms with Crippen LogP contribution >= 0.6 is 0 Å². The van der Waals surface area contributed by atoms with Crippen molar-refractivity contribution in [3.63, 3.8) is 0 Å². The second-order valence-corrected chi connectivity index (χ2v) is 4.46. The lowest BCUT2D eigenvalue weighted by Gasteiger charge is -2.23. The minimum absolute atomic E-state index is 0.197. The number of ether oxygens (including phenoxy) is 1. The lowest BCUT2D eigenvalue weighted by atomic mass is 9.83. The zero-order valence-electron chi connectivity index (χ0n) is 9.08. The van der Waals surface area contributed by atoms with Gasteiger partial charge < -0.3 is 9.84 Å². The van der Waals surface area contributed by atoms with Crippen molar-refractivity contribution in [3.8, 4) is 0 Å². The summed E-state index contributed by atoms with van der Waals surface area (Å²) in [5, 5.41) is 9.17. The van der Waals surface area contributed by atoms with Crippen molar-refractivity contribution >= 4 is 5.97 Å². The van der Waals surface area contributed by atoms with E-state index in [-0.39, 0.29) is 6.10 Å². The molecule has 1 saturated carbocycles. The van der Waals surface area contributed by atoms with Crippen molar-refractivity contribution in [1.82, 2.24) is 0 Å². The van der Waals surface area contributed by atoms with Gasteiger partial charge in [0.15, 0.2) is 0 Å². The predicted molar refractivity (Wildman–Crippen MR) is 54.2 cm³/mol. The molecule has 1 aliphatic carbocycles. The summed E-state index contributed by atoms with van der Waals surface area (Å²) in [7, 11) is 0. The topological polar surface area (TPSA) is 46.5 Å². The van der Waals surface area contributed by atoms with Gasteiger partial charge in [-0.1, -0.05) is 12.8 Å². The number of rotatable bonds is 5. The molecule has 3 nitrogen and oxygen atoms in total. The summed E-state index contributed by atoms with van der Waals surface area (Å²) in [6.45, 7) is 4.52. The van der Waals surface area contributed by atoms with Gasteiger partial charge in [-0.2, -0.15) is 0 Å². The highest BCUT2D eigenvalue weighted by Crippen LogP contribution is 2.41. The van der Waals surface area contributed by atoms with Gasteiger partial charge >= 0.3 is 5.97 Å². The van der Waals surface area contributed by atoms with Crippen LogP contribution in [-0.2, 0) is 9.53 Å². The number of carboxylic acids is 1. The average molecular weight is 200 g/mol. The van der Waals surface area contributed by atoms with Crippen molar-refractivity contribution in [3.05, 3.63) is 0 Å². The number of carboxylic acid groups (broad SMARTS) is 1. The standard InChI is InChI=1S/C11H20O3/c1-9(2)14-8-7-11(10(12)13)5-3-4-6-11/h9H,3-8H2,1-2H3,(H,12,13). The molecule has 3 heteroatoms. The van der Waals surface area contributed by atoms with Crippen LogP contribution in [0.25, 0.3) is 0 Å². The first-order chi connectivity index (χ1) is 6.57. The predicted octanol–water partition coefficient (Wildman–Crippen LogP) is 2.45. The highest BCUT2D eigenvalue weighted by Gasteiger charge is 2.40. The maximum Gasteiger partial charge on any atom is 0.309 e. The van der Waals surface area contributed by atoms with Crippen LogP contribution in [0.3, 0.4) is 0 Å². The summed E-state index contributed by atoms with van der Waals surface area (Å²) in [6.07, 6.45) is 4.61. The molecule has 82 valence electrons. The first-order valence-corrected chi connectivity index (χ1v) is 5.42. The molecule has 0 aromatic heterocycles. The molecule has 0 unspecified atom stereocenters. The van der Waals surface area contributed by atoms with Crippen LogP contribution in [0.4, 0.5) is 0 Å². The first-order valence-electron chi connectivity index (χ1n) is 5.42. The normalized spacial score (nSPS) is 20.2. The number of hydrogen-bond donors (Lipinski definition) is 1. The van der Waals surface area contributed by atoms with E-state index in [1.807, 2.05) is 13.8 Å². The third-order valence-corrected chi connectivity index (χ3v) is 3.05. The number of carbonyl (C=O) groups is 1. The molecule has 0 saturated heterocycles. The molecule has 0 bridgehead atoms. The van der Waals surface area contributed by atoms with Gasteiger partial charge in [0, 0.05) is 6.61 Å². The third-order valence-electron chi connectivity index (χ3n) is 3.05. The summed E-state index contributed by atoms with van der Waals surface area (Å²) in [5.74, 6) is -0.637. The molecule has 0 aromatic carbocycles. The van der Waals surface area contributed by atoms with Gasteiger partial charge in [-0.05, 0) is 33.1 Å². The summed E-state index contributed by atoms with van der Waals surface area (Å²) >= 11 is 0. The number of aliphatic carboxylic acids is 1. The van der Waals surface area contributed by atoms with Crippen molar-refractivity contribution in [2.45, 2.75) is 52.1 Å². The van der Waals surface area contributed by atoms with Crippen molar-refractivity contribution in [1.29, 1.82) is 0 Å². The largest absolute Gasteiger partial charge is 0.481 e. The molecule has 1 aliphatic rings. The molecular formula is C11H20O3. The average Bonchev–Trinajstić information content (AvgIpc) is 2.53. The Morgan fingerprint density at radius 1 is 1.43 bits per heavy atom.